The minimum atomic E-state index is -1.55. The maximum atomic E-state index is 12.9. The van der Waals surface area contributed by atoms with Crippen LogP contribution in [0, 0.1) is 0 Å². The van der Waals surface area contributed by atoms with Crippen molar-refractivity contribution < 1.29 is 39.8 Å². The number of allylic oxidation sites excluding steroid dienone is 4. The highest BCUT2D eigenvalue weighted by Crippen LogP contribution is 2.23. The fraction of sp³-hybridized carbons (Fsp3) is 0.909. The molecule has 0 aliphatic carbocycles. The van der Waals surface area contributed by atoms with Gasteiger partial charge in [-0.05, 0) is 44.9 Å². The Kier molecular flexibility index (Phi) is 43.1. The number of carbonyl (C=O) groups excluding carboxylic acids is 1. The highest BCUT2D eigenvalue weighted by atomic mass is 16.7. The van der Waals surface area contributed by atoms with Crippen molar-refractivity contribution in [3.8, 4) is 0 Å². The Morgan fingerprint density at radius 1 is 0.531 bits per heavy atom. The second-order valence-corrected chi connectivity index (χ2v) is 19.4. The van der Waals surface area contributed by atoms with Gasteiger partial charge in [-0.15, -0.1) is 0 Å². The number of hydrogen-bond donors (Lipinski definition) is 6. The van der Waals surface area contributed by atoms with Crippen molar-refractivity contribution >= 4 is 5.91 Å². The number of aliphatic hydroxyl groups is 5. The van der Waals surface area contributed by atoms with E-state index in [0.717, 1.165) is 44.9 Å². The van der Waals surface area contributed by atoms with Crippen molar-refractivity contribution in [3.63, 3.8) is 0 Å². The summed E-state index contributed by atoms with van der Waals surface area (Å²) in [6.07, 6.45) is 49.9. The molecule has 9 nitrogen and oxygen atoms in total. The van der Waals surface area contributed by atoms with Gasteiger partial charge in [0, 0.05) is 6.42 Å². The molecule has 0 spiro atoms. The number of unbranched alkanes of at least 4 members (excludes halogenated alkanes) is 33. The van der Waals surface area contributed by atoms with Crippen LogP contribution in [-0.4, -0.2) is 87.5 Å². The minimum Gasteiger partial charge on any atom is -0.394 e. The predicted octanol–water partition coefficient (Wildman–Crippen LogP) is 13.0. The first kappa shape index (κ1) is 60.7. The standard InChI is InChI=1S/C55H105NO8/c1-3-5-7-9-11-12-13-14-15-16-17-18-19-20-21-22-23-24-25-26-27-28-29-30-31-32-33-34-35-36-37-38-39-41-43-45-51(59)56-48(49(58)44-42-40-10-8-6-4-2)47-63-55-54(62)53(61)52(60)50(46-57)64-55/h13-14,16-17,48-50,52-55,57-58,60-62H,3-12,15,18-47H2,1-2H3,(H,56,59)/b14-13-,17-16-. The first-order valence-electron chi connectivity index (χ1n) is 27.5. The number of rotatable bonds is 47. The van der Waals surface area contributed by atoms with Gasteiger partial charge in [0.15, 0.2) is 6.29 Å². The van der Waals surface area contributed by atoms with Crippen molar-refractivity contribution in [2.24, 2.45) is 0 Å². The Labute approximate surface area is 394 Å². The number of hydrogen-bond acceptors (Lipinski definition) is 8. The predicted molar refractivity (Wildman–Crippen MR) is 267 cm³/mol. The van der Waals surface area contributed by atoms with Crippen LogP contribution in [0.2, 0.25) is 0 Å². The molecular formula is C55H105NO8. The average Bonchev–Trinajstić information content (AvgIpc) is 3.29. The van der Waals surface area contributed by atoms with Gasteiger partial charge in [-0.2, -0.15) is 0 Å². The zero-order chi connectivity index (χ0) is 46.6. The van der Waals surface area contributed by atoms with Crippen molar-refractivity contribution in [1.29, 1.82) is 0 Å². The van der Waals surface area contributed by atoms with Crippen LogP contribution in [0.25, 0.3) is 0 Å². The van der Waals surface area contributed by atoms with Crippen LogP contribution in [0.4, 0.5) is 0 Å². The normalized spacial score (nSPS) is 20.1. The van der Waals surface area contributed by atoms with Crippen LogP contribution in [0.3, 0.4) is 0 Å². The van der Waals surface area contributed by atoms with E-state index in [2.05, 4.69) is 43.5 Å². The van der Waals surface area contributed by atoms with E-state index < -0.39 is 49.5 Å². The van der Waals surface area contributed by atoms with Crippen LogP contribution in [0.5, 0.6) is 0 Å². The molecule has 1 aliphatic heterocycles. The molecule has 1 heterocycles. The molecule has 378 valence electrons. The third kappa shape index (κ3) is 34.9. The summed E-state index contributed by atoms with van der Waals surface area (Å²) in [7, 11) is 0. The van der Waals surface area contributed by atoms with Gasteiger partial charge in [0.1, 0.15) is 24.4 Å². The Bertz CT molecular complexity index is 1060. The van der Waals surface area contributed by atoms with Gasteiger partial charge in [-0.3, -0.25) is 4.79 Å². The summed E-state index contributed by atoms with van der Waals surface area (Å²) in [6.45, 7) is 3.77. The van der Waals surface area contributed by atoms with Crippen molar-refractivity contribution in [3.05, 3.63) is 24.3 Å². The summed E-state index contributed by atoms with van der Waals surface area (Å²) in [6, 6.07) is -0.712. The largest absolute Gasteiger partial charge is 0.394 e. The van der Waals surface area contributed by atoms with Gasteiger partial charge < -0.3 is 40.3 Å². The molecule has 0 aromatic heterocycles. The van der Waals surface area contributed by atoms with Crippen LogP contribution in [-0.2, 0) is 14.3 Å². The van der Waals surface area contributed by atoms with E-state index in [4.69, 9.17) is 9.47 Å². The molecule has 1 aliphatic rings. The minimum absolute atomic E-state index is 0.136. The molecule has 0 saturated carbocycles. The Balaban J connectivity index is 1.98. The summed E-state index contributed by atoms with van der Waals surface area (Å²) in [5.41, 5.74) is 0. The third-order valence-electron chi connectivity index (χ3n) is 13.3. The molecule has 1 rings (SSSR count). The van der Waals surface area contributed by atoms with Crippen LogP contribution in [0.15, 0.2) is 24.3 Å². The first-order chi connectivity index (χ1) is 31.3. The van der Waals surface area contributed by atoms with E-state index >= 15 is 0 Å². The second-order valence-electron chi connectivity index (χ2n) is 19.4. The number of nitrogens with one attached hydrogen (secondary N) is 1. The fourth-order valence-electron chi connectivity index (χ4n) is 8.90. The molecule has 7 atom stereocenters. The monoisotopic (exact) mass is 908 g/mol. The van der Waals surface area contributed by atoms with E-state index in [9.17, 15) is 30.3 Å². The zero-order valence-corrected chi connectivity index (χ0v) is 41.8. The molecule has 0 aromatic rings. The lowest BCUT2D eigenvalue weighted by molar-refractivity contribution is -0.302. The van der Waals surface area contributed by atoms with Gasteiger partial charge in [0.05, 0.1) is 25.4 Å². The SMILES string of the molecule is CCCCCCC/C=C\C/C=C\CCCCCCCCCCCCCCCCCCCCCCCCCC(=O)NC(COC1OC(CO)C(O)C(O)C1O)C(O)CCCCCCCC. The van der Waals surface area contributed by atoms with Crippen LogP contribution in [0.1, 0.15) is 264 Å². The van der Waals surface area contributed by atoms with E-state index in [1.807, 2.05) is 0 Å². The Morgan fingerprint density at radius 3 is 1.34 bits per heavy atom. The van der Waals surface area contributed by atoms with Crippen molar-refractivity contribution in [1.82, 2.24) is 5.32 Å². The van der Waals surface area contributed by atoms with E-state index in [0.29, 0.717) is 12.8 Å². The van der Waals surface area contributed by atoms with E-state index in [-0.39, 0.29) is 12.5 Å². The quantitative estimate of drug-likeness (QED) is 0.0261. The number of ether oxygens (including phenoxy) is 2. The molecule has 0 bridgehead atoms. The van der Waals surface area contributed by atoms with E-state index in [1.54, 1.807) is 0 Å². The van der Waals surface area contributed by atoms with Crippen molar-refractivity contribution in [2.45, 2.75) is 307 Å². The Hall–Kier alpha value is -1.33. The van der Waals surface area contributed by atoms with Gasteiger partial charge in [0.2, 0.25) is 5.91 Å². The lowest BCUT2D eigenvalue weighted by Gasteiger charge is -2.40. The molecule has 6 N–H and O–H groups in total. The molecule has 1 saturated heterocycles. The lowest BCUT2D eigenvalue weighted by Crippen LogP contribution is -2.60. The van der Waals surface area contributed by atoms with Gasteiger partial charge in [-0.1, -0.05) is 237 Å². The molecule has 64 heavy (non-hydrogen) atoms. The second kappa shape index (κ2) is 45.5. The van der Waals surface area contributed by atoms with Crippen LogP contribution < -0.4 is 5.32 Å². The number of aliphatic hydroxyl groups excluding tert-OH is 5. The fourth-order valence-corrected chi connectivity index (χ4v) is 8.90. The van der Waals surface area contributed by atoms with Gasteiger partial charge >= 0.3 is 0 Å². The molecule has 0 aromatic carbocycles. The molecule has 1 amide bonds. The molecule has 1 fully saturated rings. The lowest BCUT2D eigenvalue weighted by atomic mass is 9.99. The first-order valence-corrected chi connectivity index (χ1v) is 27.5. The summed E-state index contributed by atoms with van der Waals surface area (Å²) in [4.78, 5) is 12.9. The van der Waals surface area contributed by atoms with Crippen molar-refractivity contribution in [2.75, 3.05) is 13.2 Å². The van der Waals surface area contributed by atoms with E-state index in [1.165, 1.54) is 193 Å². The van der Waals surface area contributed by atoms with Gasteiger partial charge in [-0.25, -0.2) is 0 Å². The summed E-state index contributed by atoms with van der Waals surface area (Å²) in [5, 5.41) is 54.1. The molecule has 0 radical (unpaired) electrons. The third-order valence-corrected chi connectivity index (χ3v) is 13.3. The molecule has 7 unspecified atom stereocenters. The summed E-state index contributed by atoms with van der Waals surface area (Å²) < 4.78 is 11.2. The van der Waals surface area contributed by atoms with Crippen LogP contribution >= 0.6 is 0 Å². The van der Waals surface area contributed by atoms with Gasteiger partial charge in [0.25, 0.3) is 0 Å². The maximum Gasteiger partial charge on any atom is 0.220 e. The average molecular weight is 908 g/mol. The Morgan fingerprint density at radius 2 is 0.922 bits per heavy atom. The topological polar surface area (TPSA) is 149 Å². The smallest absolute Gasteiger partial charge is 0.220 e. The molecular weight excluding hydrogens is 803 g/mol. The highest BCUT2D eigenvalue weighted by molar-refractivity contribution is 5.76. The number of amides is 1. The summed E-state index contributed by atoms with van der Waals surface area (Å²) in [5.74, 6) is -0.146. The highest BCUT2D eigenvalue weighted by Gasteiger charge is 2.44. The maximum absolute atomic E-state index is 12.9. The number of carbonyl (C=O) groups is 1. The molecule has 9 heteroatoms. The zero-order valence-electron chi connectivity index (χ0n) is 41.8. The summed E-state index contributed by atoms with van der Waals surface area (Å²) >= 11 is 0.